The van der Waals surface area contributed by atoms with Crippen LogP contribution in [0.15, 0.2) is 36.9 Å². The summed E-state index contributed by atoms with van der Waals surface area (Å²) >= 11 is 0. The molecule has 0 saturated carbocycles. The van der Waals surface area contributed by atoms with E-state index in [9.17, 15) is 9.59 Å². The fraction of sp³-hybridized carbons (Fsp3) is 0.375. The predicted molar refractivity (Wildman–Crippen MR) is 81.3 cm³/mol. The SMILES string of the molecule is C=CCNC(=O)[C@H]1CC(=O)N(c2ccc(OCC)cc2)C1. The monoisotopic (exact) mass is 288 g/mol. The maximum absolute atomic E-state index is 12.1. The van der Waals surface area contributed by atoms with Crippen LogP contribution in [0, 0.1) is 5.92 Å². The first-order valence-corrected chi connectivity index (χ1v) is 7.07. The second-order valence-electron chi connectivity index (χ2n) is 4.87. The largest absolute Gasteiger partial charge is 0.494 e. The number of benzene rings is 1. The number of nitrogens with zero attached hydrogens (tertiary/aromatic N) is 1. The first kappa shape index (κ1) is 15.1. The van der Waals surface area contributed by atoms with Gasteiger partial charge in [-0.1, -0.05) is 6.08 Å². The van der Waals surface area contributed by atoms with Gasteiger partial charge in [0.1, 0.15) is 5.75 Å². The van der Waals surface area contributed by atoms with Crippen LogP contribution < -0.4 is 15.0 Å². The molecule has 2 rings (SSSR count). The van der Waals surface area contributed by atoms with E-state index in [1.54, 1.807) is 11.0 Å². The number of rotatable bonds is 6. The third-order valence-electron chi connectivity index (χ3n) is 3.38. The summed E-state index contributed by atoms with van der Waals surface area (Å²) in [4.78, 5) is 25.6. The molecule has 0 unspecified atom stereocenters. The second-order valence-corrected chi connectivity index (χ2v) is 4.87. The van der Waals surface area contributed by atoms with Gasteiger partial charge in [0.2, 0.25) is 11.8 Å². The Morgan fingerprint density at radius 1 is 1.48 bits per heavy atom. The number of amides is 2. The molecule has 1 aliphatic heterocycles. The minimum Gasteiger partial charge on any atom is -0.494 e. The van der Waals surface area contributed by atoms with E-state index in [2.05, 4.69) is 11.9 Å². The summed E-state index contributed by atoms with van der Waals surface area (Å²) in [6.45, 7) is 6.92. The normalized spacial score (nSPS) is 17.7. The smallest absolute Gasteiger partial charge is 0.227 e. The molecule has 1 heterocycles. The minimum absolute atomic E-state index is 0.0297. The molecule has 1 fully saturated rings. The van der Waals surface area contributed by atoms with E-state index in [0.29, 0.717) is 19.7 Å². The van der Waals surface area contributed by atoms with Gasteiger partial charge in [0, 0.05) is 25.2 Å². The number of ether oxygens (including phenoxy) is 1. The zero-order valence-electron chi connectivity index (χ0n) is 12.2. The van der Waals surface area contributed by atoms with Gasteiger partial charge in [-0.15, -0.1) is 6.58 Å². The van der Waals surface area contributed by atoms with Crippen LogP contribution in [0.4, 0.5) is 5.69 Å². The Bertz CT molecular complexity index is 525. The molecule has 1 aliphatic rings. The zero-order valence-corrected chi connectivity index (χ0v) is 12.2. The van der Waals surface area contributed by atoms with Crippen molar-refractivity contribution in [2.75, 3.05) is 24.6 Å². The highest BCUT2D eigenvalue weighted by molar-refractivity contribution is 6.00. The van der Waals surface area contributed by atoms with E-state index in [1.807, 2.05) is 31.2 Å². The summed E-state index contributed by atoms with van der Waals surface area (Å²) < 4.78 is 5.38. The summed E-state index contributed by atoms with van der Waals surface area (Å²) in [5.41, 5.74) is 0.794. The lowest BCUT2D eigenvalue weighted by Gasteiger charge is -2.17. The van der Waals surface area contributed by atoms with E-state index in [0.717, 1.165) is 11.4 Å². The number of carbonyl (C=O) groups excluding carboxylic acids is 2. The van der Waals surface area contributed by atoms with Crippen molar-refractivity contribution in [3.63, 3.8) is 0 Å². The molecule has 1 aromatic carbocycles. The Morgan fingerprint density at radius 3 is 2.81 bits per heavy atom. The Hall–Kier alpha value is -2.30. The molecule has 112 valence electrons. The molecule has 0 radical (unpaired) electrons. The molecular formula is C16H20N2O3. The lowest BCUT2D eigenvalue weighted by molar-refractivity contribution is -0.126. The number of carbonyl (C=O) groups is 2. The van der Waals surface area contributed by atoms with Crippen LogP contribution in [0.3, 0.4) is 0 Å². The van der Waals surface area contributed by atoms with Gasteiger partial charge in [-0.2, -0.15) is 0 Å². The Morgan fingerprint density at radius 2 is 2.19 bits per heavy atom. The third-order valence-corrected chi connectivity index (χ3v) is 3.38. The van der Waals surface area contributed by atoms with Gasteiger partial charge in [0.15, 0.2) is 0 Å². The van der Waals surface area contributed by atoms with Gasteiger partial charge in [-0.05, 0) is 31.2 Å². The molecular weight excluding hydrogens is 268 g/mol. The highest BCUT2D eigenvalue weighted by Crippen LogP contribution is 2.26. The standard InChI is InChI=1S/C16H20N2O3/c1-3-9-17-16(20)12-10-15(19)18(11-12)13-5-7-14(8-6-13)21-4-2/h3,5-8,12H,1,4,9-11H2,2H3,(H,17,20)/t12-/m0/s1. The van der Waals surface area contributed by atoms with Crippen molar-refractivity contribution < 1.29 is 14.3 Å². The molecule has 21 heavy (non-hydrogen) atoms. The maximum atomic E-state index is 12.1. The van der Waals surface area contributed by atoms with E-state index >= 15 is 0 Å². The summed E-state index contributed by atoms with van der Waals surface area (Å²) in [5.74, 6) is 0.340. The van der Waals surface area contributed by atoms with Gasteiger partial charge in [0.25, 0.3) is 0 Å². The van der Waals surface area contributed by atoms with Crippen molar-refractivity contribution in [3.8, 4) is 5.75 Å². The molecule has 1 saturated heterocycles. The van der Waals surface area contributed by atoms with E-state index in [1.165, 1.54) is 0 Å². The minimum atomic E-state index is -0.302. The predicted octanol–water partition coefficient (Wildman–Crippen LogP) is 1.74. The van der Waals surface area contributed by atoms with E-state index in [4.69, 9.17) is 4.74 Å². The van der Waals surface area contributed by atoms with Crippen LogP contribution in [0.25, 0.3) is 0 Å². The quantitative estimate of drug-likeness (QED) is 0.811. The second kappa shape index (κ2) is 6.92. The highest BCUT2D eigenvalue weighted by Gasteiger charge is 2.34. The van der Waals surface area contributed by atoms with Crippen molar-refractivity contribution >= 4 is 17.5 Å². The fourth-order valence-corrected chi connectivity index (χ4v) is 2.34. The van der Waals surface area contributed by atoms with Crippen molar-refractivity contribution in [2.24, 2.45) is 5.92 Å². The van der Waals surface area contributed by atoms with E-state index in [-0.39, 0.29) is 24.2 Å². The average Bonchev–Trinajstić information content (AvgIpc) is 2.88. The van der Waals surface area contributed by atoms with Crippen molar-refractivity contribution in [1.82, 2.24) is 5.32 Å². The number of hydrogen-bond donors (Lipinski definition) is 1. The van der Waals surface area contributed by atoms with Crippen molar-refractivity contribution in [2.45, 2.75) is 13.3 Å². The highest BCUT2D eigenvalue weighted by atomic mass is 16.5. The number of nitrogens with one attached hydrogen (secondary N) is 1. The maximum Gasteiger partial charge on any atom is 0.227 e. The lowest BCUT2D eigenvalue weighted by Crippen LogP contribution is -2.32. The Balaban J connectivity index is 2.02. The molecule has 1 N–H and O–H groups in total. The topological polar surface area (TPSA) is 58.6 Å². The Kier molecular flexibility index (Phi) is 4.98. The van der Waals surface area contributed by atoms with Gasteiger partial charge < -0.3 is 15.0 Å². The van der Waals surface area contributed by atoms with Gasteiger partial charge in [0.05, 0.1) is 12.5 Å². The number of hydrogen-bond acceptors (Lipinski definition) is 3. The molecule has 0 aliphatic carbocycles. The van der Waals surface area contributed by atoms with Gasteiger partial charge in [-0.3, -0.25) is 9.59 Å². The summed E-state index contributed by atoms with van der Waals surface area (Å²) in [6.07, 6.45) is 1.87. The molecule has 0 bridgehead atoms. The van der Waals surface area contributed by atoms with Crippen LogP contribution in [0.1, 0.15) is 13.3 Å². The molecule has 1 atom stereocenters. The van der Waals surface area contributed by atoms with Gasteiger partial charge in [-0.25, -0.2) is 0 Å². The van der Waals surface area contributed by atoms with E-state index < -0.39 is 0 Å². The molecule has 0 spiro atoms. The summed E-state index contributed by atoms with van der Waals surface area (Å²) in [6, 6.07) is 7.34. The molecule has 5 heteroatoms. The zero-order chi connectivity index (χ0) is 15.2. The first-order valence-electron chi connectivity index (χ1n) is 7.07. The Labute approximate surface area is 124 Å². The van der Waals surface area contributed by atoms with Crippen LogP contribution in [-0.4, -0.2) is 31.5 Å². The summed E-state index contributed by atoms with van der Waals surface area (Å²) in [5, 5.41) is 2.74. The summed E-state index contributed by atoms with van der Waals surface area (Å²) in [7, 11) is 0. The third kappa shape index (κ3) is 3.62. The molecule has 5 nitrogen and oxygen atoms in total. The van der Waals surface area contributed by atoms with Crippen LogP contribution in [0.5, 0.6) is 5.75 Å². The molecule has 1 aromatic rings. The van der Waals surface area contributed by atoms with Crippen LogP contribution in [0.2, 0.25) is 0 Å². The molecule has 2 amide bonds. The van der Waals surface area contributed by atoms with Gasteiger partial charge >= 0.3 is 0 Å². The van der Waals surface area contributed by atoms with Crippen LogP contribution >= 0.6 is 0 Å². The molecule has 0 aromatic heterocycles. The lowest BCUT2D eigenvalue weighted by atomic mass is 10.1. The van der Waals surface area contributed by atoms with Crippen LogP contribution in [-0.2, 0) is 9.59 Å². The average molecular weight is 288 g/mol. The first-order chi connectivity index (χ1) is 10.2. The fourth-order valence-electron chi connectivity index (χ4n) is 2.34. The van der Waals surface area contributed by atoms with Crippen molar-refractivity contribution in [3.05, 3.63) is 36.9 Å². The number of anilines is 1. The van der Waals surface area contributed by atoms with Crippen molar-refractivity contribution in [1.29, 1.82) is 0 Å².